The lowest BCUT2D eigenvalue weighted by atomic mass is 10.2. The van der Waals surface area contributed by atoms with Crippen LogP contribution in [0.25, 0.3) is 0 Å². The number of carbonyl (C=O) groups is 1. The van der Waals surface area contributed by atoms with E-state index in [1.807, 2.05) is 16.7 Å². The summed E-state index contributed by atoms with van der Waals surface area (Å²) in [5, 5.41) is 3.55. The topological polar surface area (TPSA) is 41.6 Å². The van der Waals surface area contributed by atoms with Crippen LogP contribution in [0.4, 0.5) is 4.79 Å². The zero-order valence-electron chi connectivity index (χ0n) is 11.8. The molecule has 0 aliphatic carbocycles. The van der Waals surface area contributed by atoms with Crippen molar-refractivity contribution in [3.05, 3.63) is 0 Å². The molecule has 0 saturated carbocycles. The van der Waals surface area contributed by atoms with Crippen molar-refractivity contribution in [3.8, 4) is 0 Å². The van der Waals surface area contributed by atoms with Gasteiger partial charge in [0, 0.05) is 43.9 Å². The van der Waals surface area contributed by atoms with Gasteiger partial charge in [0.1, 0.15) is 0 Å². The molecule has 0 radical (unpaired) electrons. The smallest absolute Gasteiger partial charge is 0.317 e. The van der Waals surface area contributed by atoms with Crippen LogP contribution in [-0.2, 0) is 4.74 Å². The number of carbonyl (C=O) groups excluding carboxylic acids is 1. The fraction of sp³-hybridized carbons (Fsp3) is 0.923. The molecule has 0 aromatic rings. The van der Waals surface area contributed by atoms with E-state index in [4.69, 9.17) is 4.74 Å². The van der Waals surface area contributed by atoms with E-state index in [1.54, 1.807) is 7.11 Å². The average molecular weight is 274 g/mol. The Bertz CT molecular complexity index is 251. The number of nitrogens with zero attached hydrogens (tertiary/aromatic N) is 1. The lowest BCUT2D eigenvalue weighted by Gasteiger charge is -2.37. The molecule has 5 heteroatoms. The molecule has 1 fully saturated rings. The minimum Gasteiger partial charge on any atom is -0.385 e. The lowest BCUT2D eigenvalue weighted by Crippen LogP contribution is -2.52. The minimum absolute atomic E-state index is 0.0985. The predicted octanol–water partition coefficient (Wildman–Crippen LogP) is 2.34. The molecule has 0 aromatic heterocycles. The first-order valence-electron chi connectivity index (χ1n) is 6.82. The Hall–Kier alpha value is -0.420. The summed E-state index contributed by atoms with van der Waals surface area (Å²) in [4.78, 5) is 14.0. The van der Waals surface area contributed by atoms with Crippen molar-refractivity contribution in [3.63, 3.8) is 0 Å². The van der Waals surface area contributed by atoms with Crippen molar-refractivity contribution in [2.75, 3.05) is 32.6 Å². The molecule has 18 heavy (non-hydrogen) atoms. The maximum Gasteiger partial charge on any atom is 0.317 e. The van der Waals surface area contributed by atoms with E-state index in [2.05, 4.69) is 19.2 Å². The summed E-state index contributed by atoms with van der Waals surface area (Å²) in [5.74, 6) is 1.05. The SMILES string of the molecule is COCCCCCNC(=O)N1CCS[C@@H](C)[C@@H]1C. The summed E-state index contributed by atoms with van der Waals surface area (Å²) in [6, 6.07) is 0.429. The van der Waals surface area contributed by atoms with Crippen LogP contribution in [-0.4, -0.2) is 54.8 Å². The van der Waals surface area contributed by atoms with Crippen LogP contribution in [0.1, 0.15) is 33.1 Å². The van der Waals surface area contributed by atoms with Crippen LogP contribution < -0.4 is 5.32 Å². The number of methoxy groups -OCH3 is 1. The molecule has 2 atom stereocenters. The van der Waals surface area contributed by atoms with Crippen molar-refractivity contribution in [2.45, 2.75) is 44.4 Å². The molecule has 0 spiro atoms. The standard InChI is InChI=1S/C13H26N2O2S/c1-11-12(2)18-10-8-15(11)13(16)14-7-5-4-6-9-17-3/h11-12H,4-10H2,1-3H3,(H,14,16)/t11-,12-/m0/s1. The van der Waals surface area contributed by atoms with E-state index < -0.39 is 0 Å². The summed E-state index contributed by atoms with van der Waals surface area (Å²) in [5.41, 5.74) is 0. The van der Waals surface area contributed by atoms with Crippen molar-refractivity contribution >= 4 is 17.8 Å². The highest BCUT2D eigenvalue weighted by molar-refractivity contribution is 8.00. The number of thioether (sulfide) groups is 1. The van der Waals surface area contributed by atoms with Crippen LogP contribution in [0.5, 0.6) is 0 Å². The summed E-state index contributed by atoms with van der Waals surface area (Å²) in [6.07, 6.45) is 3.21. The quantitative estimate of drug-likeness (QED) is 0.756. The third-order valence-electron chi connectivity index (χ3n) is 3.45. The first-order chi connectivity index (χ1) is 8.66. The molecule has 1 rings (SSSR count). The van der Waals surface area contributed by atoms with E-state index in [9.17, 15) is 4.79 Å². The van der Waals surface area contributed by atoms with Gasteiger partial charge in [0.25, 0.3) is 0 Å². The number of hydrogen-bond acceptors (Lipinski definition) is 3. The zero-order valence-corrected chi connectivity index (χ0v) is 12.6. The molecule has 0 bridgehead atoms. The van der Waals surface area contributed by atoms with E-state index in [-0.39, 0.29) is 6.03 Å². The molecule has 0 unspecified atom stereocenters. The van der Waals surface area contributed by atoms with Crippen molar-refractivity contribution in [2.24, 2.45) is 0 Å². The monoisotopic (exact) mass is 274 g/mol. The minimum atomic E-state index is 0.0985. The molecule has 1 saturated heterocycles. The van der Waals surface area contributed by atoms with Crippen molar-refractivity contribution < 1.29 is 9.53 Å². The number of ether oxygens (including phenoxy) is 1. The second kappa shape index (κ2) is 8.64. The highest BCUT2D eigenvalue weighted by atomic mass is 32.2. The fourth-order valence-corrected chi connectivity index (χ4v) is 3.16. The first kappa shape index (κ1) is 15.6. The van der Waals surface area contributed by atoms with Gasteiger partial charge in [-0.25, -0.2) is 4.79 Å². The molecule has 1 N–H and O–H groups in total. The number of amides is 2. The molecule has 1 aliphatic heterocycles. The molecule has 1 heterocycles. The number of urea groups is 1. The molecule has 0 aromatic carbocycles. The average Bonchev–Trinajstić information content (AvgIpc) is 2.36. The lowest BCUT2D eigenvalue weighted by molar-refractivity contribution is 0.179. The Morgan fingerprint density at radius 3 is 2.89 bits per heavy atom. The number of hydrogen-bond donors (Lipinski definition) is 1. The van der Waals surface area contributed by atoms with Crippen LogP contribution in [0, 0.1) is 0 Å². The normalized spacial score (nSPS) is 24.1. The van der Waals surface area contributed by atoms with Gasteiger partial charge < -0.3 is 15.0 Å². The van der Waals surface area contributed by atoms with Gasteiger partial charge in [0.2, 0.25) is 0 Å². The van der Waals surface area contributed by atoms with E-state index >= 15 is 0 Å². The Kier molecular flexibility index (Phi) is 7.51. The van der Waals surface area contributed by atoms with E-state index in [0.29, 0.717) is 11.3 Å². The third kappa shape index (κ3) is 5.06. The summed E-state index contributed by atoms with van der Waals surface area (Å²) in [7, 11) is 1.72. The van der Waals surface area contributed by atoms with Gasteiger partial charge in [-0.05, 0) is 26.2 Å². The summed E-state index contributed by atoms with van der Waals surface area (Å²) in [6.45, 7) is 6.78. The van der Waals surface area contributed by atoms with Crippen molar-refractivity contribution in [1.29, 1.82) is 0 Å². The van der Waals surface area contributed by atoms with Crippen LogP contribution in [0.15, 0.2) is 0 Å². The number of nitrogens with one attached hydrogen (secondary N) is 1. The second-order valence-electron chi connectivity index (χ2n) is 4.80. The van der Waals surface area contributed by atoms with Gasteiger partial charge in [0.15, 0.2) is 0 Å². The van der Waals surface area contributed by atoms with Crippen LogP contribution in [0.3, 0.4) is 0 Å². The van der Waals surface area contributed by atoms with E-state index in [1.165, 1.54) is 0 Å². The largest absolute Gasteiger partial charge is 0.385 e. The van der Waals surface area contributed by atoms with Crippen molar-refractivity contribution in [1.82, 2.24) is 10.2 Å². The highest BCUT2D eigenvalue weighted by Gasteiger charge is 2.28. The number of unbranched alkanes of at least 4 members (excludes halogenated alkanes) is 2. The highest BCUT2D eigenvalue weighted by Crippen LogP contribution is 2.23. The maximum atomic E-state index is 12.0. The van der Waals surface area contributed by atoms with Crippen LogP contribution >= 0.6 is 11.8 Å². The Morgan fingerprint density at radius 1 is 1.39 bits per heavy atom. The predicted molar refractivity (Wildman–Crippen MR) is 77.2 cm³/mol. The maximum absolute atomic E-state index is 12.0. The molecule has 1 aliphatic rings. The van der Waals surface area contributed by atoms with E-state index in [0.717, 1.165) is 44.7 Å². The molecular formula is C13H26N2O2S. The first-order valence-corrected chi connectivity index (χ1v) is 7.86. The summed E-state index contributed by atoms with van der Waals surface area (Å²) >= 11 is 1.95. The molecular weight excluding hydrogens is 248 g/mol. The van der Waals surface area contributed by atoms with Gasteiger partial charge in [-0.3, -0.25) is 0 Å². The van der Waals surface area contributed by atoms with Gasteiger partial charge in [0.05, 0.1) is 0 Å². The van der Waals surface area contributed by atoms with Gasteiger partial charge in [-0.15, -0.1) is 0 Å². The summed E-state index contributed by atoms with van der Waals surface area (Å²) < 4.78 is 4.99. The Labute approximate surface area is 115 Å². The Balaban J connectivity index is 2.15. The third-order valence-corrected chi connectivity index (χ3v) is 4.78. The zero-order chi connectivity index (χ0) is 13.4. The molecule has 2 amide bonds. The van der Waals surface area contributed by atoms with Gasteiger partial charge >= 0.3 is 6.03 Å². The Morgan fingerprint density at radius 2 is 2.17 bits per heavy atom. The fourth-order valence-electron chi connectivity index (χ4n) is 2.06. The van der Waals surface area contributed by atoms with Gasteiger partial charge in [-0.2, -0.15) is 11.8 Å². The van der Waals surface area contributed by atoms with Crippen LogP contribution in [0.2, 0.25) is 0 Å². The number of rotatable bonds is 6. The molecule has 106 valence electrons. The van der Waals surface area contributed by atoms with Gasteiger partial charge in [-0.1, -0.05) is 6.92 Å². The molecule has 4 nitrogen and oxygen atoms in total. The second-order valence-corrected chi connectivity index (χ2v) is 6.28.